The molecular formula is C6H9NO2. The third-order valence-electron chi connectivity index (χ3n) is 1.49. The first-order valence-corrected chi connectivity index (χ1v) is 3.00. The molecule has 1 saturated heterocycles. The van der Waals surface area contributed by atoms with Crippen molar-refractivity contribution in [2.45, 2.75) is 12.5 Å². The van der Waals surface area contributed by atoms with Crippen molar-refractivity contribution in [3.05, 3.63) is 0 Å². The van der Waals surface area contributed by atoms with Gasteiger partial charge in [0, 0.05) is 6.61 Å². The molecule has 2 atom stereocenters. The van der Waals surface area contributed by atoms with Gasteiger partial charge >= 0.3 is 0 Å². The van der Waals surface area contributed by atoms with Crippen molar-refractivity contribution in [2.75, 3.05) is 13.2 Å². The smallest absolute Gasteiger partial charge is 0.0932 e. The van der Waals surface area contributed by atoms with Crippen LogP contribution in [0.3, 0.4) is 0 Å². The minimum absolute atomic E-state index is 0.209. The number of aliphatic hydroxyl groups excluding tert-OH is 1. The molecule has 0 aromatic carbocycles. The van der Waals surface area contributed by atoms with Gasteiger partial charge in [0.1, 0.15) is 0 Å². The maximum atomic E-state index is 9.02. The van der Waals surface area contributed by atoms with Gasteiger partial charge in [0.15, 0.2) is 0 Å². The molecule has 0 bridgehead atoms. The van der Waals surface area contributed by atoms with E-state index in [9.17, 15) is 0 Å². The third-order valence-corrected chi connectivity index (χ3v) is 1.49. The zero-order valence-electron chi connectivity index (χ0n) is 5.08. The maximum Gasteiger partial charge on any atom is 0.0932 e. The number of nitriles is 1. The zero-order chi connectivity index (χ0) is 6.69. The number of hydrogen-bond acceptors (Lipinski definition) is 3. The Hall–Kier alpha value is -0.590. The Morgan fingerprint density at radius 2 is 2.44 bits per heavy atom. The highest BCUT2D eigenvalue weighted by Crippen LogP contribution is 2.13. The molecule has 9 heavy (non-hydrogen) atoms. The molecule has 0 unspecified atom stereocenters. The molecule has 0 aromatic heterocycles. The van der Waals surface area contributed by atoms with Crippen LogP contribution in [0.5, 0.6) is 0 Å². The van der Waals surface area contributed by atoms with Gasteiger partial charge in [0.05, 0.1) is 24.7 Å². The van der Waals surface area contributed by atoms with E-state index < -0.39 is 6.10 Å². The van der Waals surface area contributed by atoms with Crippen LogP contribution >= 0.6 is 0 Å². The Balaban J connectivity index is 2.41. The first-order valence-electron chi connectivity index (χ1n) is 3.00. The van der Waals surface area contributed by atoms with Crippen molar-refractivity contribution < 1.29 is 9.84 Å². The average Bonchev–Trinajstić information content (AvgIpc) is 1.89. The number of hydrogen-bond donors (Lipinski definition) is 1. The lowest BCUT2D eigenvalue weighted by molar-refractivity contribution is -0.0275. The van der Waals surface area contributed by atoms with Crippen molar-refractivity contribution in [1.82, 2.24) is 0 Å². The van der Waals surface area contributed by atoms with E-state index in [0.29, 0.717) is 19.6 Å². The second-order valence-electron chi connectivity index (χ2n) is 2.17. The second-order valence-corrected chi connectivity index (χ2v) is 2.17. The maximum absolute atomic E-state index is 9.02. The summed E-state index contributed by atoms with van der Waals surface area (Å²) in [7, 11) is 0. The van der Waals surface area contributed by atoms with Crippen LogP contribution in [0.4, 0.5) is 0 Å². The van der Waals surface area contributed by atoms with Gasteiger partial charge in [-0.15, -0.1) is 0 Å². The lowest BCUT2D eigenvalue weighted by Gasteiger charge is -2.21. The fourth-order valence-corrected chi connectivity index (χ4v) is 0.874. The molecule has 3 heteroatoms. The summed E-state index contributed by atoms with van der Waals surface area (Å²) >= 11 is 0. The summed E-state index contributed by atoms with van der Waals surface area (Å²) in [5.41, 5.74) is 0. The summed E-state index contributed by atoms with van der Waals surface area (Å²) < 4.78 is 4.91. The zero-order valence-corrected chi connectivity index (χ0v) is 5.08. The van der Waals surface area contributed by atoms with E-state index in [0.717, 1.165) is 0 Å². The van der Waals surface area contributed by atoms with Crippen LogP contribution in [-0.4, -0.2) is 24.4 Å². The lowest BCUT2D eigenvalue weighted by atomic mass is 10.00. The SMILES string of the molecule is N#C[C@H]1CCOC[C@@H]1O. The van der Waals surface area contributed by atoms with E-state index in [1.165, 1.54) is 0 Å². The van der Waals surface area contributed by atoms with Gasteiger partial charge < -0.3 is 9.84 Å². The number of aliphatic hydroxyl groups is 1. The summed E-state index contributed by atoms with van der Waals surface area (Å²) in [4.78, 5) is 0. The summed E-state index contributed by atoms with van der Waals surface area (Å²) in [6, 6.07) is 2.02. The molecule has 1 rings (SSSR count). The minimum Gasteiger partial charge on any atom is -0.389 e. The molecule has 1 aliphatic heterocycles. The van der Waals surface area contributed by atoms with Gasteiger partial charge in [-0.05, 0) is 6.42 Å². The normalized spacial score (nSPS) is 35.6. The molecule has 0 spiro atoms. The summed E-state index contributed by atoms with van der Waals surface area (Å²) in [6.45, 7) is 0.924. The van der Waals surface area contributed by atoms with Crippen LogP contribution in [-0.2, 0) is 4.74 Å². The highest BCUT2D eigenvalue weighted by molar-refractivity contribution is 4.89. The van der Waals surface area contributed by atoms with Crippen LogP contribution in [0.25, 0.3) is 0 Å². The highest BCUT2D eigenvalue weighted by Gasteiger charge is 2.22. The predicted molar refractivity (Wildman–Crippen MR) is 30.5 cm³/mol. The molecule has 1 heterocycles. The Morgan fingerprint density at radius 1 is 1.67 bits per heavy atom. The molecule has 1 fully saturated rings. The van der Waals surface area contributed by atoms with Gasteiger partial charge in [-0.1, -0.05) is 0 Å². The summed E-state index contributed by atoms with van der Waals surface area (Å²) in [5, 5.41) is 17.4. The van der Waals surface area contributed by atoms with Crippen LogP contribution in [0.2, 0.25) is 0 Å². The Labute approximate surface area is 53.9 Å². The first-order chi connectivity index (χ1) is 4.34. The fourth-order valence-electron chi connectivity index (χ4n) is 0.874. The van der Waals surface area contributed by atoms with Gasteiger partial charge in [-0.3, -0.25) is 0 Å². The average molecular weight is 127 g/mol. The lowest BCUT2D eigenvalue weighted by Crippen LogP contribution is -2.30. The molecule has 50 valence electrons. The van der Waals surface area contributed by atoms with Crippen LogP contribution in [0.15, 0.2) is 0 Å². The first kappa shape index (κ1) is 6.53. The van der Waals surface area contributed by atoms with Gasteiger partial charge in [-0.25, -0.2) is 0 Å². The number of rotatable bonds is 0. The fraction of sp³-hybridized carbons (Fsp3) is 0.833. The predicted octanol–water partition coefficient (Wildman–Crippen LogP) is -0.0926. The minimum atomic E-state index is -0.566. The van der Waals surface area contributed by atoms with Gasteiger partial charge in [-0.2, -0.15) is 5.26 Å². The van der Waals surface area contributed by atoms with Crippen molar-refractivity contribution in [3.8, 4) is 6.07 Å². The molecule has 0 aliphatic carbocycles. The topological polar surface area (TPSA) is 53.2 Å². The van der Waals surface area contributed by atoms with E-state index in [2.05, 4.69) is 0 Å². The van der Waals surface area contributed by atoms with Crippen molar-refractivity contribution in [3.63, 3.8) is 0 Å². The number of nitrogens with zero attached hydrogens (tertiary/aromatic N) is 1. The summed E-state index contributed by atoms with van der Waals surface area (Å²) in [6.07, 6.45) is 0.0984. The molecule has 0 amide bonds. The van der Waals surface area contributed by atoms with E-state index >= 15 is 0 Å². The van der Waals surface area contributed by atoms with E-state index in [4.69, 9.17) is 15.1 Å². The van der Waals surface area contributed by atoms with Gasteiger partial charge in [0.2, 0.25) is 0 Å². The molecule has 1 N–H and O–H groups in total. The number of ether oxygens (including phenoxy) is 1. The molecule has 3 nitrogen and oxygen atoms in total. The highest BCUT2D eigenvalue weighted by atomic mass is 16.5. The second kappa shape index (κ2) is 2.81. The van der Waals surface area contributed by atoms with Crippen LogP contribution in [0.1, 0.15) is 6.42 Å². The van der Waals surface area contributed by atoms with E-state index in [-0.39, 0.29) is 5.92 Å². The Bertz CT molecular complexity index is 130. The molecule has 0 aromatic rings. The van der Waals surface area contributed by atoms with Crippen molar-refractivity contribution >= 4 is 0 Å². The molecule has 0 saturated carbocycles. The standard InChI is InChI=1S/C6H9NO2/c7-3-5-1-2-9-4-6(5)8/h5-6,8H,1-2,4H2/t5-,6+/m1/s1. The van der Waals surface area contributed by atoms with Crippen LogP contribution in [0, 0.1) is 17.2 Å². The van der Waals surface area contributed by atoms with E-state index in [1.54, 1.807) is 0 Å². The Morgan fingerprint density at radius 3 is 2.89 bits per heavy atom. The molecule has 1 aliphatic rings. The monoisotopic (exact) mass is 127 g/mol. The molecular weight excluding hydrogens is 118 g/mol. The van der Waals surface area contributed by atoms with Crippen LogP contribution < -0.4 is 0 Å². The quantitative estimate of drug-likeness (QED) is 0.494. The largest absolute Gasteiger partial charge is 0.389 e. The Kier molecular flexibility index (Phi) is 2.04. The van der Waals surface area contributed by atoms with Crippen molar-refractivity contribution in [1.29, 1.82) is 5.26 Å². The molecule has 0 radical (unpaired) electrons. The third kappa shape index (κ3) is 1.41. The van der Waals surface area contributed by atoms with E-state index in [1.807, 2.05) is 6.07 Å². The summed E-state index contributed by atoms with van der Waals surface area (Å²) in [5.74, 6) is -0.209. The van der Waals surface area contributed by atoms with Crippen molar-refractivity contribution in [2.24, 2.45) is 5.92 Å². The van der Waals surface area contributed by atoms with Gasteiger partial charge in [0.25, 0.3) is 0 Å².